The second kappa shape index (κ2) is 6.38. The Morgan fingerprint density at radius 1 is 1.21 bits per heavy atom. The molecule has 1 N–H and O–H groups in total. The summed E-state index contributed by atoms with van der Waals surface area (Å²) >= 11 is 0. The fourth-order valence-corrected chi connectivity index (χ4v) is 1.88. The Kier molecular flexibility index (Phi) is 4.58. The zero-order chi connectivity index (χ0) is 13.7. The lowest BCUT2D eigenvalue weighted by Gasteiger charge is -2.09. The van der Waals surface area contributed by atoms with Gasteiger partial charge in [0.05, 0.1) is 18.5 Å². The molecule has 0 spiro atoms. The molecule has 0 radical (unpaired) electrons. The van der Waals surface area contributed by atoms with Crippen LogP contribution in [0, 0.1) is 0 Å². The summed E-state index contributed by atoms with van der Waals surface area (Å²) in [4.78, 5) is 0. The van der Waals surface area contributed by atoms with Gasteiger partial charge >= 0.3 is 0 Å². The molecule has 0 aliphatic carbocycles. The second-order valence-electron chi connectivity index (χ2n) is 4.53. The van der Waals surface area contributed by atoms with Crippen LogP contribution < -0.4 is 4.74 Å². The molecule has 0 bridgehead atoms. The maximum Gasteiger partial charge on any atom is 0.165 e. The third-order valence-electron chi connectivity index (χ3n) is 2.95. The smallest absolute Gasteiger partial charge is 0.165 e. The zero-order valence-electron chi connectivity index (χ0n) is 11.4. The van der Waals surface area contributed by atoms with Crippen LogP contribution >= 0.6 is 0 Å². The van der Waals surface area contributed by atoms with Gasteiger partial charge in [0.1, 0.15) is 5.75 Å². The number of aryl methyl sites for hydroxylation is 1. The van der Waals surface area contributed by atoms with Gasteiger partial charge in [-0.2, -0.15) is 5.10 Å². The maximum absolute atomic E-state index is 9.72. The number of aliphatic hydroxyl groups excluding tert-OH is 1. The van der Waals surface area contributed by atoms with Crippen molar-refractivity contribution in [2.75, 3.05) is 0 Å². The molecule has 4 heteroatoms. The lowest BCUT2D eigenvalue weighted by molar-refractivity contribution is 0.173. The van der Waals surface area contributed by atoms with E-state index in [4.69, 9.17) is 4.74 Å². The Balaban J connectivity index is 2.02. The molecule has 0 unspecified atom stereocenters. The first-order chi connectivity index (χ1) is 9.22. The molecule has 1 aromatic carbocycles. The molecular weight excluding hydrogens is 240 g/mol. The van der Waals surface area contributed by atoms with E-state index < -0.39 is 6.10 Å². The monoisotopic (exact) mass is 260 g/mol. The van der Waals surface area contributed by atoms with E-state index in [0.717, 1.165) is 30.0 Å². The van der Waals surface area contributed by atoms with Crippen molar-refractivity contribution >= 4 is 0 Å². The van der Waals surface area contributed by atoms with Gasteiger partial charge in [-0.05, 0) is 30.5 Å². The molecule has 19 heavy (non-hydrogen) atoms. The number of aromatic nitrogens is 2. The molecule has 0 saturated carbocycles. The molecular formula is C15H20N2O2. The minimum Gasteiger partial charge on any atom is -0.454 e. The number of rotatable bonds is 6. The summed E-state index contributed by atoms with van der Waals surface area (Å²) in [6.45, 7) is 4.96. The van der Waals surface area contributed by atoms with E-state index in [1.54, 1.807) is 6.20 Å². The Morgan fingerprint density at radius 2 is 1.95 bits per heavy atom. The average molecular weight is 260 g/mol. The van der Waals surface area contributed by atoms with Crippen LogP contribution in [0.5, 0.6) is 11.5 Å². The number of ether oxygens (including phenoxy) is 1. The topological polar surface area (TPSA) is 47.3 Å². The van der Waals surface area contributed by atoms with Gasteiger partial charge in [0.25, 0.3) is 0 Å². The third kappa shape index (κ3) is 3.58. The van der Waals surface area contributed by atoms with Gasteiger partial charge in [-0.15, -0.1) is 0 Å². The van der Waals surface area contributed by atoms with Crippen molar-refractivity contribution in [2.45, 2.75) is 39.3 Å². The minimum absolute atomic E-state index is 0.402. The Morgan fingerprint density at radius 3 is 2.58 bits per heavy atom. The van der Waals surface area contributed by atoms with Gasteiger partial charge in [0.2, 0.25) is 0 Å². The van der Waals surface area contributed by atoms with E-state index in [1.165, 1.54) is 0 Å². The molecule has 1 aromatic heterocycles. The average Bonchev–Trinajstić information content (AvgIpc) is 2.86. The van der Waals surface area contributed by atoms with Crippen molar-refractivity contribution in [3.8, 4) is 11.5 Å². The zero-order valence-corrected chi connectivity index (χ0v) is 11.4. The number of hydrogen-bond donors (Lipinski definition) is 1. The van der Waals surface area contributed by atoms with Crippen LogP contribution in [0.2, 0.25) is 0 Å². The molecule has 0 aliphatic rings. The van der Waals surface area contributed by atoms with Crippen LogP contribution in [0.1, 0.15) is 38.4 Å². The summed E-state index contributed by atoms with van der Waals surface area (Å²) in [5, 5.41) is 13.9. The molecule has 1 heterocycles. The standard InChI is InChI=1S/C15H20N2O2/c1-3-9-17-11-14(10-16-17)19-13-7-5-12(6-8-13)15(18)4-2/h5-8,10-11,15,18H,3-4,9H2,1-2H3/t15-/m0/s1. The summed E-state index contributed by atoms with van der Waals surface area (Å²) in [7, 11) is 0. The summed E-state index contributed by atoms with van der Waals surface area (Å²) in [6, 6.07) is 7.51. The predicted molar refractivity (Wildman–Crippen MR) is 74.3 cm³/mol. The van der Waals surface area contributed by atoms with Crippen LogP contribution in [0.4, 0.5) is 0 Å². The number of benzene rings is 1. The molecule has 0 fully saturated rings. The number of hydrogen-bond acceptors (Lipinski definition) is 3. The number of nitrogens with zero attached hydrogens (tertiary/aromatic N) is 2. The Hall–Kier alpha value is -1.81. The Bertz CT molecular complexity index is 505. The van der Waals surface area contributed by atoms with Gasteiger partial charge in [-0.3, -0.25) is 4.68 Å². The SMILES string of the molecule is CCCn1cc(Oc2ccc([C@@H](O)CC)cc2)cn1. The quantitative estimate of drug-likeness (QED) is 0.864. The van der Waals surface area contributed by atoms with E-state index in [-0.39, 0.29) is 0 Å². The van der Waals surface area contributed by atoms with Crippen molar-refractivity contribution in [1.29, 1.82) is 0 Å². The fourth-order valence-electron chi connectivity index (χ4n) is 1.88. The molecule has 2 aromatic rings. The third-order valence-corrected chi connectivity index (χ3v) is 2.95. The van der Waals surface area contributed by atoms with Crippen LogP contribution in [0.3, 0.4) is 0 Å². The lowest BCUT2D eigenvalue weighted by Crippen LogP contribution is -1.95. The highest BCUT2D eigenvalue weighted by atomic mass is 16.5. The summed E-state index contributed by atoms with van der Waals surface area (Å²) in [6.07, 6.45) is 4.96. The molecule has 0 amide bonds. The first kappa shape index (κ1) is 13.6. The van der Waals surface area contributed by atoms with Crippen LogP contribution in [0.25, 0.3) is 0 Å². The predicted octanol–water partition coefficient (Wildman–Crippen LogP) is 3.53. The fraction of sp³-hybridized carbons (Fsp3) is 0.400. The summed E-state index contributed by atoms with van der Waals surface area (Å²) in [5.74, 6) is 1.49. The van der Waals surface area contributed by atoms with Gasteiger partial charge in [-0.25, -0.2) is 0 Å². The van der Waals surface area contributed by atoms with Crippen molar-refractivity contribution in [3.05, 3.63) is 42.2 Å². The molecule has 1 atom stereocenters. The van der Waals surface area contributed by atoms with E-state index in [9.17, 15) is 5.11 Å². The van der Waals surface area contributed by atoms with Crippen LogP contribution in [-0.4, -0.2) is 14.9 Å². The van der Waals surface area contributed by atoms with Crippen LogP contribution in [0.15, 0.2) is 36.7 Å². The first-order valence-electron chi connectivity index (χ1n) is 6.71. The van der Waals surface area contributed by atoms with E-state index in [2.05, 4.69) is 12.0 Å². The molecule has 4 nitrogen and oxygen atoms in total. The van der Waals surface area contributed by atoms with Crippen molar-refractivity contribution < 1.29 is 9.84 Å². The van der Waals surface area contributed by atoms with Crippen molar-refractivity contribution in [1.82, 2.24) is 9.78 Å². The van der Waals surface area contributed by atoms with Gasteiger partial charge in [0.15, 0.2) is 5.75 Å². The number of aliphatic hydroxyl groups is 1. The second-order valence-corrected chi connectivity index (χ2v) is 4.53. The minimum atomic E-state index is -0.402. The maximum atomic E-state index is 9.72. The molecule has 0 aliphatic heterocycles. The van der Waals surface area contributed by atoms with E-state index >= 15 is 0 Å². The van der Waals surface area contributed by atoms with E-state index in [1.807, 2.05) is 42.1 Å². The largest absolute Gasteiger partial charge is 0.454 e. The van der Waals surface area contributed by atoms with Gasteiger partial charge in [-0.1, -0.05) is 26.0 Å². The normalized spacial score (nSPS) is 12.4. The highest BCUT2D eigenvalue weighted by molar-refractivity contribution is 5.32. The Labute approximate surface area is 113 Å². The highest BCUT2D eigenvalue weighted by Crippen LogP contribution is 2.24. The van der Waals surface area contributed by atoms with Gasteiger partial charge in [0, 0.05) is 6.54 Å². The summed E-state index contributed by atoms with van der Waals surface area (Å²) in [5.41, 5.74) is 0.913. The van der Waals surface area contributed by atoms with Crippen molar-refractivity contribution in [3.63, 3.8) is 0 Å². The molecule has 0 saturated heterocycles. The summed E-state index contributed by atoms with van der Waals surface area (Å²) < 4.78 is 7.57. The molecule has 2 rings (SSSR count). The van der Waals surface area contributed by atoms with Crippen LogP contribution in [-0.2, 0) is 6.54 Å². The lowest BCUT2D eigenvalue weighted by atomic mass is 10.1. The van der Waals surface area contributed by atoms with Gasteiger partial charge < -0.3 is 9.84 Å². The highest BCUT2D eigenvalue weighted by Gasteiger charge is 2.05. The van der Waals surface area contributed by atoms with Crippen molar-refractivity contribution in [2.24, 2.45) is 0 Å². The van der Waals surface area contributed by atoms with E-state index in [0.29, 0.717) is 6.42 Å². The molecule has 102 valence electrons. The first-order valence-corrected chi connectivity index (χ1v) is 6.71.